The average Bonchev–Trinajstić information content (AvgIpc) is 3.08. The summed E-state index contributed by atoms with van der Waals surface area (Å²) in [6, 6.07) is 13.7. The van der Waals surface area contributed by atoms with Crippen LogP contribution in [0.2, 0.25) is 0 Å². The Kier molecular flexibility index (Phi) is 14.3. The lowest BCUT2D eigenvalue weighted by atomic mass is 10.1. The Hall–Kier alpha value is -3.30. The van der Waals surface area contributed by atoms with Crippen molar-refractivity contribution in [3.05, 3.63) is 54.4 Å². The third-order valence-corrected chi connectivity index (χ3v) is 4.50. The number of nitrogens with two attached hydrogens (primary N) is 3. The number of nitrogens with zero attached hydrogens (tertiary/aromatic N) is 1. The van der Waals surface area contributed by atoms with E-state index in [4.69, 9.17) is 24.5 Å². The van der Waals surface area contributed by atoms with Crippen LogP contribution < -0.4 is 21.3 Å². The number of aromatic nitrogens is 1. The molecule has 1 heterocycles. The van der Waals surface area contributed by atoms with Crippen LogP contribution in [0.1, 0.15) is 13.3 Å². The molecule has 0 saturated heterocycles. The van der Waals surface area contributed by atoms with Gasteiger partial charge in [0.05, 0.1) is 12.0 Å². The molecule has 0 aliphatic heterocycles. The molecule has 1 aromatic heterocycles. The van der Waals surface area contributed by atoms with Crippen LogP contribution in [-0.2, 0) is 10.0 Å². The van der Waals surface area contributed by atoms with Crippen molar-refractivity contribution in [2.75, 3.05) is 7.11 Å². The van der Waals surface area contributed by atoms with E-state index < -0.39 is 20.4 Å². The van der Waals surface area contributed by atoms with Crippen molar-refractivity contribution >= 4 is 44.8 Å². The minimum Gasteiger partial charge on any atom is -0.497 e. The first-order valence-corrected chi connectivity index (χ1v) is 10.9. The number of hydrogen-bond donors (Lipinski definition) is 5. The van der Waals surface area contributed by atoms with Gasteiger partial charge in [0.1, 0.15) is 11.4 Å². The SMILES string of the molecule is C.COc1ccc(-c2nc(C)oc2-c2ccccc2S(N)(=O)=O)cc1.NC(O)=S.NC(O)=S.O. The molecule has 0 saturated carbocycles. The molecular weight excluding hydrogens is 504 g/mol. The molecular formula is C20H28N4O7S3. The number of oxazole rings is 1. The number of rotatable bonds is 4. The van der Waals surface area contributed by atoms with Crippen LogP contribution in [-0.4, -0.2) is 46.5 Å². The predicted molar refractivity (Wildman–Crippen MR) is 139 cm³/mol. The van der Waals surface area contributed by atoms with E-state index in [0.29, 0.717) is 28.7 Å². The minimum atomic E-state index is -3.89. The first-order chi connectivity index (χ1) is 14.9. The quantitative estimate of drug-likeness (QED) is 0.307. The molecule has 14 heteroatoms. The number of hydrogen-bond acceptors (Lipinski definition) is 7. The van der Waals surface area contributed by atoms with Crippen molar-refractivity contribution in [2.24, 2.45) is 16.6 Å². The van der Waals surface area contributed by atoms with Crippen LogP contribution in [0.3, 0.4) is 0 Å². The molecule has 188 valence electrons. The van der Waals surface area contributed by atoms with E-state index in [1.54, 1.807) is 44.4 Å². The van der Waals surface area contributed by atoms with E-state index in [0.717, 1.165) is 5.56 Å². The maximum atomic E-state index is 11.9. The monoisotopic (exact) mass is 532 g/mol. The van der Waals surface area contributed by atoms with E-state index in [2.05, 4.69) is 40.9 Å². The Bertz CT molecular complexity index is 1160. The Morgan fingerprint density at radius 3 is 1.94 bits per heavy atom. The van der Waals surface area contributed by atoms with E-state index in [9.17, 15) is 8.42 Å². The first-order valence-electron chi connectivity index (χ1n) is 8.57. The molecule has 11 nitrogen and oxygen atoms in total. The van der Waals surface area contributed by atoms with Crippen LogP contribution in [0.4, 0.5) is 0 Å². The smallest absolute Gasteiger partial charge is 0.251 e. The lowest BCUT2D eigenvalue weighted by Crippen LogP contribution is -2.13. The van der Waals surface area contributed by atoms with Gasteiger partial charge in [0.2, 0.25) is 10.0 Å². The standard InChI is InChI=1S/C17H16N2O4S.2CH3NOS.CH4.H2O/c1-11-19-16(12-7-9-13(22-2)10-8-12)17(23-11)14-5-3-4-6-15(14)24(18,20)21;2*2-1(3)4;;/h3-10H,1-2H3,(H2,18,20,21);2*(H3,2,3,4);1H4;1H2. The fraction of sp³-hybridized carbons (Fsp3) is 0.150. The number of primary sulfonamides is 1. The normalized spacial score (nSPS) is 9.50. The molecule has 34 heavy (non-hydrogen) atoms. The maximum absolute atomic E-state index is 11.9. The van der Waals surface area contributed by atoms with Crippen molar-refractivity contribution in [2.45, 2.75) is 19.2 Å². The number of aliphatic hydroxyl groups excluding tert-OH is 2. The van der Waals surface area contributed by atoms with E-state index in [1.807, 2.05) is 12.1 Å². The molecule has 3 aromatic rings. The second-order valence-corrected chi connectivity index (χ2v) is 8.22. The summed E-state index contributed by atoms with van der Waals surface area (Å²) in [7, 11) is -2.30. The summed E-state index contributed by atoms with van der Waals surface area (Å²) < 4.78 is 34.6. The summed E-state index contributed by atoms with van der Waals surface area (Å²) in [4.78, 5) is 4.39. The lowest BCUT2D eigenvalue weighted by molar-refractivity contribution is 0.415. The summed E-state index contributed by atoms with van der Waals surface area (Å²) in [6.45, 7) is 1.70. The summed E-state index contributed by atoms with van der Waals surface area (Å²) in [5.41, 5.74) is 10.5. The molecule has 0 fully saturated rings. The highest BCUT2D eigenvalue weighted by molar-refractivity contribution is 7.89. The Labute approximate surface area is 208 Å². The van der Waals surface area contributed by atoms with Crippen LogP contribution in [0.5, 0.6) is 5.75 Å². The first kappa shape index (κ1) is 32.9. The van der Waals surface area contributed by atoms with Gasteiger partial charge < -0.3 is 36.3 Å². The van der Waals surface area contributed by atoms with E-state index >= 15 is 0 Å². The van der Waals surface area contributed by atoms with Gasteiger partial charge >= 0.3 is 0 Å². The molecule has 0 aliphatic carbocycles. The molecule has 0 spiro atoms. The molecule has 3 rings (SSSR count). The van der Waals surface area contributed by atoms with Gasteiger partial charge in [-0.1, -0.05) is 19.6 Å². The van der Waals surface area contributed by atoms with Crippen molar-refractivity contribution in [3.63, 3.8) is 0 Å². The van der Waals surface area contributed by atoms with Crippen molar-refractivity contribution in [1.29, 1.82) is 0 Å². The summed E-state index contributed by atoms with van der Waals surface area (Å²) in [5.74, 6) is 1.51. The van der Waals surface area contributed by atoms with E-state index in [1.165, 1.54) is 6.07 Å². The number of benzene rings is 2. The summed E-state index contributed by atoms with van der Waals surface area (Å²) in [6.07, 6.45) is 0. The minimum absolute atomic E-state index is 0. The van der Waals surface area contributed by atoms with Crippen molar-refractivity contribution in [3.8, 4) is 28.3 Å². The lowest BCUT2D eigenvalue weighted by Gasteiger charge is -2.07. The van der Waals surface area contributed by atoms with E-state index in [-0.39, 0.29) is 17.8 Å². The molecule has 0 aliphatic rings. The Morgan fingerprint density at radius 1 is 1.03 bits per heavy atom. The Balaban J connectivity index is 0. The zero-order chi connectivity index (χ0) is 24.5. The number of methoxy groups -OCH3 is 1. The van der Waals surface area contributed by atoms with Crippen LogP contribution in [0.25, 0.3) is 22.6 Å². The molecule has 0 unspecified atom stereocenters. The van der Waals surface area contributed by atoms with Gasteiger partial charge in [-0.25, -0.2) is 18.5 Å². The fourth-order valence-corrected chi connectivity index (χ4v) is 3.19. The predicted octanol–water partition coefficient (Wildman–Crippen LogP) is 2.36. The average molecular weight is 533 g/mol. The topological polar surface area (TPSA) is 219 Å². The zero-order valence-electron chi connectivity index (χ0n) is 17.6. The molecule has 2 aromatic carbocycles. The summed E-state index contributed by atoms with van der Waals surface area (Å²) in [5, 5.41) is 19.5. The molecule has 0 bridgehead atoms. The van der Waals surface area contributed by atoms with Gasteiger partial charge in [-0.15, -0.1) is 0 Å². The van der Waals surface area contributed by atoms with Gasteiger partial charge in [-0.2, -0.15) is 0 Å². The van der Waals surface area contributed by atoms with Crippen LogP contribution in [0, 0.1) is 6.92 Å². The number of thiocarbonyl (C=S) groups is 2. The number of aliphatic hydroxyl groups is 2. The molecule has 10 N–H and O–H groups in total. The third-order valence-electron chi connectivity index (χ3n) is 3.54. The van der Waals surface area contributed by atoms with Gasteiger partial charge in [-0.05, 0) is 60.8 Å². The van der Waals surface area contributed by atoms with Gasteiger partial charge in [0.25, 0.3) is 10.3 Å². The largest absolute Gasteiger partial charge is 0.497 e. The number of sulfonamides is 1. The fourth-order valence-electron chi connectivity index (χ4n) is 2.46. The second kappa shape index (κ2) is 14.8. The second-order valence-electron chi connectivity index (χ2n) is 5.86. The van der Waals surface area contributed by atoms with Gasteiger partial charge in [-0.3, -0.25) is 0 Å². The molecule has 0 amide bonds. The zero-order valence-corrected chi connectivity index (χ0v) is 20.0. The highest BCUT2D eigenvalue weighted by atomic mass is 32.2. The summed E-state index contributed by atoms with van der Waals surface area (Å²) >= 11 is 7.74. The maximum Gasteiger partial charge on any atom is 0.251 e. The molecule has 0 radical (unpaired) electrons. The number of aryl methyl sites for hydroxylation is 1. The van der Waals surface area contributed by atoms with Gasteiger partial charge in [0.15, 0.2) is 11.7 Å². The van der Waals surface area contributed by atoms with Crippen molar-refractivity contribution < 1.29 is 33.3 Å². The highest BCUT2D eigenvalue weighted by Crippen LogP contribution is 2.36. The van der Waals surface area contributed by atoms with Crippen LogP contribution >= 0.6 is 24.4 Å². The van der Waals surface area contributed by atoms with Crippen LogP contribution in [0.15, 0.2) is 57.8 Å². The van der Waals surface area contributed by atoms with Gasteiger partial charge in [0, 0.05) is 18.1 Å². The number of ether oxygens (including phenoxy) is 1. The third kappa shape index (κ3) is 10.5. The van der Waals surface area contributed by atoms with Crippen molar-refractivity contribution in [1.82, 2.24) is 4.98 Å². The highest BCUT2D eigenvalue weighted by Gasteiger charge is 2.22. The Morgan fingerprint density at radius 2 is 1.50 bits per heavy atom. The molecule has 0 atom stereocenters.